The number of amides is 1. The highest BCUT2D eigenvalue weighted by molar-refractivity contribution is 5.68. The van der Waals surface area contributed by atoms with Crippen molar-refractivity contribution >= 4 is 6.09 Å². The van der Waals surface area contributed by atoms with Gasteiger partial charge in [-0.1, -0.05) is 0 Å². The largest absolute Gasteiger partial charge is 0.444 e. The molecule has 0 bridgehead atoms. The molecule has 2 N–H and O–H groups in total. The number of likely N-dealkylation sites (tertiary alicyclic amines) is 1. The van der Waals surface area contributed by atoms with Gasteiger partial charge in [-0.15, -0.1) is 0 Å². The molecular formula is C10H18F2N2O2. The lowest BCUT2D eigenvalue weighted by atomic mass is 10.0. The molecule has 0 aromatic rings. The van der Waals surface area contributed by atoms with E-state index in [0.29, 0.717) is 0 Å². The molecule has 16 heavy (non-hydrogen) atoms. The Bertz CT molecular complexity index is 276. The quantitative estimate of drug-likeness (QED) is 0.695. The van der Waals surface area contributed by atoms with Crippen LogP contribution in [0.15, 0.2) is 0 Å². The number of rotatable bonds is 0. The number of hydrogen-bond acceptors (Lipinski definition) is 3. The number of hydrogen-bond donors (Lipinski definition) is 1. The van der Waals surface area contributed by atoms with Crippen LogP contribution in [0.3, 0.4) is 0 Å². The monoisotopic (exact) mass is 236 g/mol. The summed E-state index contributed by atoms with van der Waals surface area (Å²) in [5.41, 5.74) is 4.79. The third-order valence-corrected chi connectivity index (χ3v) is 2.09. The molecule has 1 heterocycles. The molecule has 0 saturated carbocycles. The van der Waals surface area contributed by atoms with E-state index in [1.165, 1.54) is 0 Å². The van der Waals surface area contributed by atoms with Gasteiger partial charge in [0.05, 0.1) is 6.54 Å². The predicted molar refractivity (Wildman–Crippen MR) is 55.3 cm³/mol. The van der Waals surface area contributed by atoms with E-state index in [0.717, 1.165) is 4.90 Å². The summed E-state index contributed by atoms with van der Waals surface area (Å²) in [6, 6.07) is -0.698. The number of carbonyl (C=O) groups excluding carboxylic acids is 1. The van der Waals surface area contributed by atoms with Crippen molar-refractivity contribution in [1.29, 1.82) is 0 Å². The van der Waals surface area contributed by atoms with Crippen LogP contribution in [0.1, 0.15) is 27.2 Å². The van der Waals surface area contributed by atoms with Crippen molar-refractivity contribution in [3.05, 3.63) is 0 Å². The van der Waals surface area contributed by atoms with Crippen LogP contribution in [-0.2, 0) is 4.74 Å². The third kappa shape index (κ3) is 3.92. The van der Waals surface area contributed by atoms with Crippen LogP contribution in [0, 0.1) is 0 Å². The van der Waals surface area contributed by atoms with Crippen LogP contribution >= 0.6 is 0 Å². The average Bonchev–Trinajstić information content (AvgIpc) is 1.96. The molecule has 1 fully saturated rings. The van der Waals surface area contributed by atoms with Crippen molar-refractivity contribution in [2.24, 2.45) is 5.73 Å². The van der Waals surface area contributed by atoms with E-state index in [9.17, 15) is 13.6 Å². The van der Waals surface area contributed by atoms with Crippen LogP contribution in [0.4, 0.5) is 13.6 Å². The maximum absolute atomic E-state index is 13.2. The fraction of sp³-hybridized carbons (Fsp3) is 0.900. The fourth-order valence-corrected chi connectivity index (χ4v) is 1.61. The van der Waals surface area contributed by atoms with E-state index in [-0.39, 0.29) is 13.0 Å². The number of alkyl halides is 2. The van der Waals surface area contributed by atoms with Gasteiger partial charge in [-0.25, -0.2) is 13.6 Å². The highest BCUT2D eigenvalue weighted by atomic mass is 19.3. The Morgan fingerprint density at radius 1 is 1.50 bits per heavy atom. The van der Waals surface area contributed by atoms with Gasteiger partial charge in [0.25, 0.3) is 5.92 Å². The smallest absolute Gasteiger partial charge is 0.410 e. The summed E-state index contributed by atoms with van der Waals surface area (Å²) >= 11 is 0. The number of nitrogens with two attached hydrogens (primary N) is 1. The Hall–Kier alpha value is -0.910. The minimum Gasteiger partial charge on any atom is -0.444 e. The zero-order valence-corrected chi connectivity index (χ0v) is 9.80. The molecule has 1 atom stereocenters. The standard InChI is InChI=1S/C10H18F2N2O2/c1-9(2,3)16-8(15)14-5-7(13)4-10(11,12)6-14/h7H,4-6,13H2,1-3H3/t7-/m1/s1. The molecule has 0 spiro atoms. The first-order valence-corrected chi connectivity index (χ1v) is 5.20. The molecule has 4 nitrogen and oxygen atoms in total. The minimum atomic E-state index is -2.92. The second-order valence-electron chi connectivity index (χ2n) is 5.18. The summed E-state index contributed by atoms with van der Waals surface area (Å²) in [6.07, 6.45) is -1.12. The van der Waals surface area contributed by atoms with Crippen molar-refractivity contribution in [1.82, 2.24) is 4.90 Å². The van der Waals surface area contributed by atoms with Crippen LogP contribution in [0.25, 0.3) is 0 Å². The van der Waals surface area contributed by atoms with Crippen molar-refractivity contribution in [2.45, 2.75) is 44.8 Å². The lowest BCUT2D eigenvalue weighted by molar-refractivity contribution is -0.0743. The SMILES string of the molecule is CC(C)(C)OC(=O)N1C[C@H](N)CC(F)(F)C1. The number of carbonyl (C=O) groups is 1. The summed E-state index contributed by atoms with van der Waals surface area (Å²) < 4.78 is 31.4. The first kappa shape index (κ1) is 13.2. The first-order chi connectivity index (χ1) is 7.09. The maximum Gasteiger partial charge on any atom is 0.410 e. The molecule has 0 aromatic carbocycles. The van der Waals surface area contributed by atoms with Crippen LogP contribution < -0.4 is 5.73 Å². The van der Waals surface area contributed by atoms with E-state index in [1.54, 1.807) is 20.8 Å². The van der Waals surface area contributed by atoms with Crippen molar-refractivity contribution < 1.29 is 18.3 Å². The molecule has 0 aliphatic carbocycles. The second kappa shape index (κ2) is 4.16. The molecule has 1 aliphatic heterocycles. The number of ether oxygens (including phenoxy) is 1. The van der Waals surface area contributed by atoms with E-state index < -0.39 is 30.2 Å². The van der Waals surface area contributed by atoms with Crippen molar-refractivity contribution in [3.63, 3.8) is 0 Å². The zero-order valence-electron chi connectivity index (χ0n) is 9.80. The number of nitrogens with zero attached hydrogens (tertiary/aromatic N) is 1. The molecule has 6 heteroatoms. The Kier molecular flexibility index (Phi) is 3.42. The zero-order chi connectivity index (χ0) is 12.6. The van der Waals surface area contributed by atoms with E-state index in [4.69, 9.17) is 10.5 Å². The Morgan fingerprint density at radius 3 is 2.50 bits per heavy atom. The number of halogens is 2. The van der Waals surface area contributed by atoms with Crippen LogP contribution in [0.2, 0.25) is 0 Å². The summed E-state index contributed by atoms with van der Waals surface area (Å²) in [5.74, 6) is -2.92. The summed E-state index contributed by atoms with van der Waals surface area (Å²) in [7, 11) is 0. The Balaban J connectivity index is 2.63. The topological polar surface area (TPSA) is 55.6 Å². The molecule has 1 aliphatic rings. The van der Waals surface area contributed by atoms with E-state index >= 15 is 0 Å². The van der Waals surface area contributed by atoms with Gasteiger partial charge < -0.3 is 15.4 Å². The molecule has 1 amide bonds. The lowest BCUT2D eigenvalue weighted by Crippen LogP contribution is -2.55. The lowest BCUT2D eigenvalue weighted by Gasteiger charge is -2.36. The van der Waals surface area contributed by atoms with Gasteiger partial charge in [-0.05, 0) is 20.8 Å². The fourth-order valence-electron chi connectivity index (χ4n) is 1.61. The average molecular weight is 236 g/mol. The van der Waals surface area contributed by atoms with Gasteiger partial charge in [0.2, 0.25) is 0 Å². The Labute approximate surface area is 93.7 Å². The molecule has 1 saturated heterocycles. The van der Waals surface area contributed by atoms with Gasteiger partial charge in [0.15, 0.2) is 0 Å². The molecule has 94 valence electrons. The minimum absolute atomic E-state index is 0.116. The molecule has 0 unspecified atom stereocenters. The summed E-state index contributed by atoms with van der Waals surface area (Å²) in [4.78, 5) is 12.5. The molecule has 0 radical (unpaired) electrons. The summed E-state index contributed by atoms with van der Waals surface area (Å²) in [5, 5.41) is 0. The highest BCUT2D eigenvalue weighted by Crippen LogP contribution is 2.27. The van der Waals surface area contributed by atoms with Crippen LogP contribution in [-0.4, -0.2) is 41.6 Å². The maximum atomic E-state index is 13.2. The molecule has 1 rings (SSSR count). The second-order valence-corrected chi connectivity index (χ2v) is 5.18. The normalized spacial score (nSPS) is 25.4. The third-order valence-electron chi connectivity index (χ3n) is 2.09. The molecule has 0 aromatic heterocycles. The van der Waals surface area contributed by atoms with Gasteiger partial charge in [-0.3, -0.25) is 0 Å². The summed E-state index contributed by atoms with van der Waals surface area (Å²) in [6.45, 7) is 4.56. The molecular weight excluding hydrogens is 218 g/mol. The van der Waals surface area contributed by atoms with Crippen molar-refractivity contribution in [3.8, 4) is 0 Å². The highest BCUT2D eigenvalue weighted by Gasteiger charge is 2.41. The first-order valence-electron chi connectivity index (χ1n) is 5.20. The van der Waals surface area contributed by atoms with Gasteiger partial charge in [0, 0.05) is 19.0 Å². The van der Waals surface area contributed by atoms with Crippen molar-refractivity contribution in [2.75, 3.05) is 13.1 Å². The van der Waals surface area contributed by atoms with E-state index in [1.807, 2.05) is 0 Å². The Morgan fingerprint density at radius 2 is 2.06 bits per heavy atom. The number of piperidine rings is 1. The van der Waals surface area contributed by atoms with E-state index in [2.05, 4.69) is 0 Å². The van der Waals surface area contributed by atoms with Crippen LogP contribution in [0.5, 0.6) is 0 Å². The predicted octanol–water partition coefficient (Wildman–Crippen LogP) is 1.59. The van der Waals surface area contributed by atoms with Gasteiger partial charge in [0.1, 0.15) is 5.60 Å². The van der Waals surface area contributed by atoms with Gasteiger partial charge in [-0.2, -0.15) is 0 Å². The van der Waals surface area contributed by atoms with Gasteiger partial charge >= 0.3 is 6.09 Å².